The number of rotatable bonds is 6. The zero-order valence-corrected chi connectivity index (χ0v) is 11.6. The fraction of sp³-hybridized carbons (Fsp3) is 1.00. The molecule has 0 saturated carbocycles. The Labute approximate surface area is 104 Å². The molecule has 1 heterocycles. The van der Waals surface area contributed by atoms with E-state index >= 15 is 0 Å². The molecule has 1 aliphatic heterocycles. The van der Waals surface area contributed by atoms with Crippen molar-refractivity contribution in [3.8, 4) is 0 Å². The summed E-state index contributed by atoms with van der Waals surface area (Å²) in [5.41, 5.74) is 0. The van der Waals surface area contributed by atoms with E-state index in [2.05, 4.69) is 10.0 Å². The van der Waals surface area contributed by atoms with E-state index in [0.29, 0.717) is 19.6 Å². The quantitative estimate of drug-likeness (QED) is 0.638. The molecule has 6 nitrogen and oxygen atoms in total. The third kappa shape index (κ3) is 4.89. The zero-order valence-electron chi connectivity index (χ0n) is 10.8. The van der Waals surface area contributed by atoms with Crippen LogP contribution in [0.5, 0.6) is 0 Å². The van der Waals surface area contributed by atoms with E-state index in [1.807, 2.05) is 20.9 Å². The van der Waals surface area contributed by atoms with Gasteiger partial charge in [-0.25, -0.2) is 4.72 Å². The Morgan fingerprint density at radius 3 is 2.35 bits per heavy atom. The molecule has 17 heavy (non-hydrogen) atoms. The minimum atomic E-state index is -3.35. The van der Waals surface area contributed by atoms with E-state index < -0.39 is 10.2 Å². The van der Waals surface area contributed by atoms with E-state index in [-0.39, 0.29) is 12.2 Å². The average molecular weight is 265 g/mol. The van der Waals surface area contributed by atoms with Crippen molar-refractivity contribution >= 4 is 10.2 Å². The van der Waals surface area contributed by atoms with Crippen molar-refractivity contribution in [1.82, 2.24) is 14.3 Å². The number of morpholine rings is 1. The highest BCUT2D eigenvalue weighted by atomic mass is 32.2. The Balaban J connectivity index is 2.45. The molecule has 7 heteroatoms. The molecule has 0 aromatic rings. The molecule has 0 radical (unpaired) electrons. The Morgan fingerprint density at radius 2 is 1.82 bits per heavy atom. The van der Waals surface area contributed by atoms with Crippen LogP contribution < -0.4 is 10.0 Å². The molecule has 0 aromatic heterocycles. The molecule has 0 unspecified atom stereocenters. The summed E-state index contributed by atoms with van der Waals surface area (Å²) in [5.74, 6) is 0. The van der Waals surface area contributed by atoms with Gasteiger partial charge >= 0.3 is 0 Å². The van der Waals surface area contributed by atoms with Crippen LogP contribution in [0, 0.1) is 0 Å². The van der Waals surface area contributed by atoms with E-state index in [1.165, 1.54) is 4.31 Å². The first-order valence-corrected chi connectivity index (χ1v) is 7.44. The van der Waals surface area contributed by atoms with Gasteiger partial charge in [0.25, 0.3) is 10.2 Å². The van der Waals surface area contributed by atoms with Crippen molar-refractivity contribution in [3.63, 3.8) is 0 Å². The van der Waals surface area contributed by atoms with Crippen molar-refractivity contribution in [2.45, 2.75) is 32.5 Å². The zero-order chi connectivity index (χ0) is 12.9. The average Bonchev–Trinajstić information content (AvgIpc) is 2.23. The van der Waals surface area contributed by atoms with E-state index in [1.54, 1.807) is 0 Å². The van der Waals surface area contributed by atoms with Crippen LogP contribution in [-0.2, 0) is 14.9 Å². The van der Waals surface area contributed by atoms with E-state index in [9.17, 15) is 8.42 Å². The first-order valence-electron chi connectivity index (χ1n) is 6.00. The maximum Gasteiger partial charge on any atom is 0.279 e. The van der Waals surface area contributed by atoms with Gasteiger partial charge in [-0.05, 0) is 33.9 Å². The Hall–Kier alpha value is -0.210. The van der Waals surface area contributed by atoms with Gasteiger partial charge in [0, 0.05) is 19.6 Å². The number of hydrogen-bond donors (Lipinski definition) is 2. The summed E-state index contributed by atoms with van der Waals surface area (Å²) >= 11 is 0. The molecule has 1 fully saturated rings. The normalized spacial score (nSPS) is 27.2. The maximum absolute atomic E-state index is 12.0. The van der Waals surface area contributed by atoms with Crippen molar-refractivity contribution in [2.24, 2.45) is 0 Å². The summed E-state index contributed by atoms with van der Waals surface area (Å²) in [6, 6.07) is 0. The van der Waals surface area contributed by atoms with Crippen LogP contribution >= 0.6 is 0 Å². The van der Waals surface area contributed by atoms with Gasteiger partial charge in [0.05, 0.1) is 12.2 Å². The molecule has 102 valence electrons. The van der Waals surface area contributed by atoms with Crippen LogP contribution in [0.4, 0.5) is 0 Å². The topological polar surface area (TPSA) is 70.7 Å². The van der Waals surface area contributed by atoms with Gasteiger partial charge in [0.15, 0.2) is 0 Å². The lowest BCUT2D eigenvalue weighted by atomic mass is 10.3. The first-order chi connectivity index (χ1) is 7.95. The largest absolute Gasteiger partial charge is 0.373 e. The fourth-order valence-corrected chi connectivity index (χ4v) is 3.28. The summed E-state index contributed by atoms with van der Waals surface area (Å²) in [6.45, 7) is 5.89. The lowest BCUT2D eigenvalue weighted by Crippen LogP contribution is -2.52. The Morgan fingerprint density at radius 1 is 1.24 bits per heavy atom. The summed E-state index contributed by atoms with van der Waals surface area (Å²) < 4.78 is 33.5. The second kappa shape index (κ2) is 6.65. The Kier molecular flexibility index (Phi) is 5.81. The molecule has 0 amide bonds. The van der Waals surface area contributed by atoms with Gasteiger partial charge in [-0.2, -0.15) is 12.7 Å². The molecule has 2 atom stereocenters. The molecule has 2 N–H and O–H groups in total. The molecule has 0 aliphatic carbocycles. The summed E-state index contributed by atoms with van der Waals surface area (Å²) in [6.07, 6.45) is 0.686. The van der Waals surface area contributed by atoms with Gasteiger partial charge in [-0.1, -0.05) is 0 Å². The Bertz CT molecular complexity index is 311. The van der Waals surface area contributed by atoms with Crippen molar-refractivity contribution < 1.29 is 13.2 Å². The van der Waals surface area contributed by atoms with Gasteiger partial charge in [0.2, 0.25) is 0 Å². The second-order valence-electron chi connectivity index (χ2n) is 4.43. The van der Waals surface area contributed by atoms with Gasteiger partial charge in [-0.15, -0.1) is 0 Å². The summed E-state index contributed by atoms with van der Waals surface area (Å²) in [7, 11) is -1.51. The third-order valence-electron chi connectivity index (χ3n) is 2.61. The maximum atomic E-state index is 12.0. The minimum Gasteiger partial charge on any atom is -0.373 e. The third-order valence-corrected chi connectivity index (χ3v) is 4.16. The molecule has 1 saturated heterocycles. The predicted molar refractivity (Wildman–Crippen MR) is 67.0 cm³/mol. The van der Waals surface area contributed by atoms with Crippen LogP contribution in [0.15, 0.2) is 0 Å². The van der Waals surface area contributed by atoms with Crippen molar-refractivity contribution in [3.05, 3.63) is 0 Å². The molecular weight excluding hydrogens is 242 g/mol. The minimum absolute atomic E-state index is 0.0485. The van der Waals surface area contributed by atoms with Crippen molar-refractivity contribution in [1.29, 1.82) is 0 Å². The summed E-state index contributed by atoms with van der Waals surface area (Å²) in [4.78, 5) is 0. The van der Waals surface area contributed by atoms with E-state index in [4.69, 9.17) is 4.74 Å². The predicted octanol–water partition coefficient (Wildman–Crippen LogP) is -0.460. The highest BCUT2D eigenvalue weighted by Gasteiger charge is 2.30. The van der Waals surface area contributed by atoms with Crippen molar-refractivity contribution in [2.75, 3.05) is 33.2 Å². The molecule has 0 bridgehead atoms. The van der Waals surface area contributed by atoms with Gasteiger partial charge < -0.3 is 10.1 Å². The molecular formula is C10H23N3O3S. The van der Waals surface area contributed by atoms with E-state index in [0.717, 1.165) is 13.0 Å². The second-order valence-corrected chi connectivity index (χ2v) is 6.19. The van der Waals surface area contributed by atoms with Gasteiger partial charge in [0.1, 0.15) is 0 Å². The number of ether oxygens (including phenoxy) is 1. The van der Waals surface area contributed by atoms with Crippen LogP contribution in [0.3, 0.4) is 0 Å². The first kappa shape index (κ1) is 14.8. The monoisotopic (exact) mass is 265 g/mol. The molecule has 0 spiro atoms. The van der Waals surface area contributed by atoms with Crippen LogP contribution in [0.25, 0.3) is 0 Å². The van der Waals surface area contributed by atoms with Crippen LogP contribution in [0.2, 0.25) is 0 Å². The lowest BCUT2D eigenvalue weighted by molar-refractivity contribution is -0.0443. The smallest absolute Gasteiger partial charge is 0.279 e. The number of hydrogen-bond acceptors (Lipinski definition) is 4. The highest BCUT2D eigenvalue weighted by molar-refractivity contribution is 7.87. The molecule has 1 aliphatic rings. The standard InChI is InChI=1S/C10H23N3O3S/c1-9-7-13(8-10(2)16-9)17(14,15)12-6-4-5-11-3/h9-12H,4-8H2,1-3H3/t9-,10-/m0/s1. The lowest BCUT2D eigenvalue weighted by Gasteiger charge is -2.34. The number of nitrogens with one attached hydrogen (secondary N) is 2. The molecule has 1 rings (SSSR count). The van der Waals surface area contributed by atoms with Gasteiger partial charge in [-0.3, -0.25) is 0 Å². The molecule has 0 aromatic carbocycles. The SMILES string of the molecule is CNCCCNS(=O)(=O)N1C[C@H](C)O[C@@H](C)C1. The fourth-order valence-electron chi connectivity index (χ4n) is 1.88. The van der Waals surface area contributed by atoms with Crippen LogP contribution in [0.1, 0.15) is 20.3 Å². The van der Waals surface area contributed by atoms with Crippen LogP contribution in [-0.4, -0.2) is 58.2 Å². The highest BCUT2D eigenvalue weighted by Crippen LogP contribution is 2.13. The summed E-state index contributed by atoms with van der Waals surface area (Å²) in [5, 5.41) is 2.98. The number of nitrogens with zero attached hydrogens (tertiary/aromatic N) is 1.